The molecule has 2 aromatic rings. The Kier molecular flexibility index (Phi) is 8.51. The van der Waals surface area contributed by atoms with Gasteiger partial charge in [0, 0.05) is 17.3 Å². The Morgan fingerprint density at radius 3 is 2.11 bits per heavy atom. The Morgan fingerprint density at radius 2 is 1.59 bits per heavy atom. The number of aromatic hydroxyl groups is 1. The third kappa shape index (κ3) is 7.02. The summed E-state index contributed by atoms with van der Waals surface area (Å²) in [7, 11) is 0. The number of hydrogen-bond acceptors (Lipinski definition) is 5. The summed E-state index contributed by atoms with van der Waals surface area (Å²) >= 11 is 0. The topological polar surface area (TPSA) is 108 Å². The fourth-order valence-corrected chi connectivity index (χ4v) is 4.32. The van der Waals surface area contributed by atoms with Gasteiger partial charge in [0.15, 0.2) is 0 Å². The first-order valence-electron chi connectivity index (χ1n) is 12.8. The maximum atomic E-state index is 14.1. The molecule has 200 valence electrons. The number of carbonyl (C=O) groups is 3. The molecule has 3 rings (SSSR count). The van der Waals surface area contributed by atoms with Crippen molar-refractivity contribution in [2.24, 2.45) is 5.92 Å². The van der Waals surface area contributed by atoms with Gasteiger partial charge in [-0.3, -0.25) is 9.59 Å². The average molecular weight is 510 g/mol. The Hall–Kier alpha value is -3.55. The molecule has 1 aliphatic rings. The van der Waals surface area contributed by atoms with Crippen LogP contribution < -0.4 is 10.6 Å². The number of benzene rings is 2. The lowest BCUT2D eigenvalue weighted by atomic mass is 9.97. The summed E-state index contributed by atoms with van der Waals surface area (Å²) in [5, 5.41) is 16.5. The molecule has 8 heteroatoms. The van der Waals surface area contributed by atoms with Crippen LogP contribution in [0.3, 0.4) is 0 Å². The van der Waals surface area contributed by atoms with Gasteiger partial charge in [-0.25, -0.2) is 4.79 Å². The molecule has 0 radical (unpaired) electrons. The number of para-hydroxylation sites is 2. The average Bonchev–Trinajstić information content (AvgIpc) is 3.62. The van der Waals surface area contributed by atoms with Gasteiger partial charge < -0.3 is 25.4 Å². The van der Waals surface area contributed by atoms with Crippen LogP contribution in [0.25, 0.3) is 0 Å². The van der Waals surface area contributed by atoms with E-state index in [1.54, 1.807) is 39.0 Å². The van der Waals surface area contributed by atoms with Gasteiger partial charge in [-0.15, -0.1) is 0 Å². The SMILES string of the molecule is Cc1cccc(C)c1NC(=O)C(c1ccccc1O)N(C(=O)C(NC(=O)OC(C)(C)C)C(C)C)C1CC1. The Balaban J connectivity index is 2.02. The normalized spacial score (nSPS) is 15.0. The van der Waals surface area contributed by atoms with Crippen LogP contribution in [0.2, 0.25) is 0 Å². The fourth-order valence-electron chi connectivity index (χ4n) is 4.32. The van der Waals surface area contributed by atoms with Gasteiger partial charge >= 0.3 is 6.09 Å². The van der Waals surface area contributed by atoms with Crippen LogP contribution >= 0.6 is 0 Å². The molecule has 2 aromatic carbocycles. The second kappa shape index (κ2) is 11.2. The number of carbonyl (C=O) groups excluding carboxylic acids is 3. The predicted molar refractivity (Wildman–Crippen MR) is 143 cm³/mol. The highest BCUT2D eigenvalue weighted by molar-refractivity contribution is 6.00. The van der Waals surface area contributed by atoms with Crippen molar-refractivity contribution < 1.29 is 24.2 Å². The number of anilines is 1. The summed E-state index contributed by atoms with van der Waals surface area (Å²) in [5.74, 6) is -1.18. The Morgan fingerprint density at radius 1 is 1.00 bits per heavy atom. The molecule has 37 heavy (non-hydrogen) atoms. The molecule has 3 amide bonds. The molecule has 3 N–H and O–H groups in total. The molecule has 0 aromatic heterocycles. The first kappa shape index (κ1) is 28.0. The standard InChI is InChI=1S/C29H39N3O5/c1-17(2)23(31-28(36)37-29(5,6)7)27(35)32(20-15-16-20)25(21-13-8-9-14-22(21)33)26(34)30-24-18(3)11-10-12-19(24)4/h8-14,17,20,23,25,33H,15-16H2,1-7H3,(H,30,34)(H,31,36). The van der Waals surface area contributed by atoms with Gasteiger partial charge in [-0.2, -0.15) is 0 Å². The number of hydrogen-bond donors (Lipinski definition) is 3. The zero-order valence-electron chi connectivity index (χ0n) is 22.8. The van der Waals surface area contributed by atoms with E-state index >= 15 is 0 Å². The number of nitrogens with zero attached hydrogens (tertiary/aromatic N) is 1. The zero-order valence-corrected chi connectivity index (χ0v) is 22.8. The minimum atomic E-state index is -1.10. The molecule has 1 saturated carbocycles. The largest absolute Gasteiger partial charge is 0.508 e. The highest BCUT2D eigenvalue weighted by Gasteiger charge is 2.45. The van der Waals surface area contributed by atoms with Crippen molar-refractivity contribution in [1.82, 2.24) is 10.2 Å². The molecule has 0 saturated heterocycles. The molecule has 2 atom stereocenters. The van der Waals surface area contributed by atoms with Crippen LogP contribution in [0.1, 0.15) is 70.2 Å². The molecule has 0 heterocycles. The summed E-state index contributed by atoms with van der Waals surface area (Å²) in [6, 6.07) is 10.1. The summed E-state index contributed by atoms with van der Waals surface area (Å²) in [5.41, 5.74) is 2.05. The Bertz CT molecular complexity index is 1130. The smallest absolute Gasteiger partial charge is 0.408 e. The van der Waals surface area contributed by atoms with Crippen molar-refractivity contribution in [1.29, 1.82) is 0 Å². The number of nitrogens with one attached hydrogen (secondary N) is 2. The summed E-state index contributed by atoms with van der Waals surface area (Å²) < 4.78 is 5.40. The van der Waals surface area contributed by atoms with E-state index in [1.165, 1.54) is 11.0 Å². The van der Waals surface area contributed by atoms with Crippen molar-refractivity contribution in [3.05, 3.63) is 59.2 Å². The first-order valence-corrected chi connectivity index (χ1v) is 12.8. The van der Waals surface area contributed by atoms with Gasteiger partial charge in [-0.05, 0) is 70.6 Å². The zero-order chi connectivity index (χ0) is 27.5. The summed E-state index contributed by atoms with van der Waals surface area (Å²) in [6.07, 6.45) is 0.752. The summed E-state index contributed by atoms with van der Waals surface area (Å²) in [4.78, 5) is 42.1. The minimum absolute atomic E-state index is 0.0798. The third-order valence-electron chi connectivity index (χ3n) is 6.29. The number of phenols is 1. The number of aryl methyl sites for hydroxylation is 2. The maximum absolute atomic E-state index is 14.1. The van der Waals surface area contributed by atoms with Crippen molar-refractivity contribution in [2.45, 2.75) is 85.0 Å². The Labute approximate surface area is 219 Å². The minimum Gasteiger partial charge on any atom is -0.508 e. The van der Waals surface area contributed by atoms with Gasteiger partial charge in [0.25, 0.3) is 5.91 Å². The third-order valence-corrected chi connectivity index (χ3v) is 6.29. The quantitative estimate of drug-likeness (QED) is 0.452. The molecule has 1 aliphatic carbocycles. The van der Waals surface area contributed by atoms with E-state index < -0.39 is 35.6 Å². The number of ether oxygens (including phenoxy) is 1. The molecule has 0 aliphatic heterocycles. The molecule has 1 fully saturated rings. The van der Waals surface area contributed by atoms with Crippen LogP contribution in [0.5, 0.6) is 5.75 Å². The van der Waals surface area contributed by atoms with E-state index in [1.807, 2.05) is 45.9 Å². The van der Waals surface area contributed by atoms with E-state index in [9.17, 15) is 19.5 Å². The number of amides is 3. The van der Waals surface area contributed by atoms with Gasteiger partial charge in [0.1, 0.15) is 23.4 Å². The van der Waals surface area contributed by atoms with E-state index in [2.05, 4.69) is 10.6 Å². The highest BCUT2D eigenvalue weighted by atomic mass is 16.6. The fraction of sp³-hybridized carbons (Fsp3) is 0.483. The number of alkyl carbamates (subject to hydrolysis) is 1. The van der Waals surface area contributed by atoms with Gasteiger partial charge in [0.05, 0.1) is 0 Å². The second-order valence-corrected chi connectivity index (χ2v) is 11.1. The van der Waals surface area contributed by atoms with Gasteiger partial charge in [-0.1, -0.05) is 50.2 Å². The number of phenolic OH excluding ortho intramolecular Hbond substituents is 1. The monoisotopic (exact) mass is 509 g/mol. The van der Waals surface area contributed by atoms with E-state index in [-0.39, 0.29) is 17.7 Å². The lowest BCUT2D eigenvalue weighted by molar-refractivity contribution is -0.142. The molecular formula is C29H39N3O5. The second-order valence-electron chi connectivity index (χ2n) is 11.1. The van der Waals surface area contributed by atoms with Gasteiger partial charge in [0.2, 0.25) is 5.91 Å². The van der Waals surface area contributed by atoms with Crippen LogP contribution in [-0.4, -0.2) is 45.6 Å². The van der Waals surface area contributed by atoms with E-state index in [0.29, 0.717) is 11.3 Å². The van der Waals surface area contributed by atoms with Crippen LogP contribution in [0.4, 0.5) is 10.5 Å². The maximum Gasteiger partial charge on any atom is 0.408 e. The summed E-state index contributed by atoms with van der Waals surface area (Å²) in [6.45, 7) is 12.7. The molecule has 8 nitrogen and oxygen atoms in total. The lowest BCUT2D eigenvalue weighted by Gasteiger charge is -2.36. The van der Waals surface area contributed by atoms with Crippen LogP contribution in [-0.2, 0) is 14.3 Å². The molecule has 0 bridgehead atoms. The van der Waals surface area contributed by atoms with E-state index in [0.717, 1.165) is 24.0 Å². The molecule has 2 unspecified atom stereocenters. The van der Waals surface area contributed by atoms with Crippen molar-refractivity contribution in [2.75, 3.05) is 5.32 Å². The first-order chi connectivity index (χ1) is 17.3. The molecular weight excluding hydrogens is 470 g/mol. The molecule has 0 spiro atoms. The van der Waals surface area contributed by atoms with Crippen molar-refractivity contribution in [3.63, 3.8) is 0 Å². The number of rotatable bonds is 8. The van der Waals surface area contributed by atoms with Crippen molar-refractivity contribution >= 4 is 23.6 Å². The van der Waals surface area contributed by atoms with Crippen molar-refractivity contribution in [3.8, 4) is 5.75 Å². The predicted octanol–water partition coefficient (Wildman–Crippen LogP) is 5.23. The lowest BCUT2D eigenvalue weighted by Crippen LogP contribution is -2.55. The van der Waals surface area contributed by atoms with Crippen LogP contribution in [0, 0.1) is 19.8 Å². The highest BCUT2D eigenvalue weighted by Crippen LogP contribution is 2.39. The van der Waals surface area contributed by atoms with Crippen LogP contribution in [0.15, 0.2) is 42.5 Å². The van der Waals surface area contributed by atoms with E-state index in [4.69, 9.17) is 4.74 Å².